The molecule has 1 saturated carbocycles. The Labute approximate surface area is 254 Å². The summed E-state index contributed by atoms with van der Waals surface area (Å²) in [5.41, 5.74) is 7.43. The average Bonchev–Trinajstić information content (AvgIpc) is 3.19. The van der Waals surface area contributed by atoms with Crippen molar-refractivity contribution in [2.24, 2.45) is 5.92 Å². The minimum Gasteiger partial charge on any atom is -0.479 e. The zero-order valence-electron chi connectivity index (χ0n) is 26.1. The number of amides is 1. The Morgan fingerprint density at radius 2 is 1.79 bits per heavy atom. The largest absolute Gasteiger partial charge is 0.479 e. The fraction of sp³-hybridized carbons (Fsp3) is 0.417. The summed E-state index contributed by atoms with van der Waals surface area (Å²) in [5.74, 6) is -0.0320. The number of nitrogens with one attached hydrogen (secondary N) is 1. The molecule has 226 valence electrons. The van der Waals surface area contributed by atoms with Crippen LogP contribution in [-0.2, 0) is 23.2 Å². The summed E-state index contributed by atoms with van der Waals surface area (Å²) in [5, 5.41) is 13.5. The smallest absolute Gasteiger partial charge is 0.344 e. The first kappa shape index (κ1) is 30.3. The molecule has 43 heavy (non-hydrogen) atoms. The fourth-order valence-corrected chi connectivity index (χ4v) is 5.80. The van der Waals surface area contributed by atoms with E-state index < -0.39 is 12.1 Å². The Bertz CT molecular complexity index is 1630. The second kappa shape index (κ2) is 12.2. The molecule has 0 unspecified atom stereocenters. The highest BCUT2D eigenvalue weighted by Crippen LogP contribution is 2.34. The number of benzene rings is 2. The van der Waals surface area contributed by atoms with E-state index in [-0.39, 0.29) is 17.4 Å². The lowest BCUT2D eigenvalue weighted by Gasteiger charge is -2.27. The normalized spacial score (nSPS) is 15.1. The number of fused-ring (bicyclic) bond motifs is 1. The third kappa shape index (κ3) is 6.76. The number of nitrogens with zero attached hydrogens (tertiary/aromatic N) is 2. The molecule has 5 rings (SSSR count). The number of carboxylic acids is 1. The van der Waals surface area contributed by atoms with Gasteiger partial charge in [-0.3, -0.25) is 9.78 Å². The first-order valence-corrected chi connectivity index (χ1v) is 15.3. The van der Waals surface area contributed by atoms with Gasteiger partial charge in [-0.1, -0.05) is 57.5 Å². The lowest BCUT2D eigenvalue weighted by atomic mass is 9.85. The van der Waals surface area contributed by atoms with Gasteiger partial charge >= 0.3 is 5.97 Å². The molecule has 0 bridgehead atoms. The first-order chi connectivity index (χ1) is 20.4. The van der Waals surface area contributed by atoms with Crippen molar-refractivity contribution in [3.8, 4) is 5.75 Å². The van der Waals surface area contributed by atoms with Crippen LogP contribution in [0, 0.1) is 12.8 Å². The Kier molecular flexibility index (Phi) is 8.63. The second-order valence-corrected chi connectivity index (χ2v) is 13.1. The van der Waals surface area contributed by atoms with Crippen LogP contribution in [0.1, 0.15) is 98.2 Å². The summed E-state index contributed by atoms with van der Waals surface area (Å²) in [6.07, 6.45) is 6.73. The van der Waals surface area contributed by atoms with Crippen molar-refractivity contribution >= 4 is 22.8 Å². The Balaban J connectivity index is 1.42. The number of hydrogen-bond acceptors (Lipinski definition) is 4. The van der Waals surface area contributed by atoms with Crippen LogP contribution < -0.4 is 10.1 Å². The summed E-state index contributed by atoms with van der Waals surface area (Å²) in [6, 6.07) is 16.2. The molecular weight excluding hydrogens is 538 g/mol. The molecule has 1 aliphatic carbocycles. The van der Waals surface area contributed by atoms with Gasteiger partial charge in [0.2, 0.25) is 0 Å². The molecule has 2 atom stereocenters. The number of hydrogen-bond donors (Lipinski definition) is 2. The van der Waals surface area contributed by atoms with Crippen molar-refractivity contribution < 1.29 is 19.4 Å². The van der Waals surface area contributed by atoms with Gasteiger partial charge in [-0.15, -0.1) is 0 Å². The number of pyridine rings is 1. The van der Waals surface area contributed by atoms with E-state index in [1.807, 2.05) is 25.1 Å². The van der Waals surface area contributed by atoms with Gasteiger partial charge in [0.1, 0.15) is 5.75 Å². The van der Waals surface area contributed by atoms with Gasteiger partial charge in [-0.2, -0.15) is 0 Å². The highest BCUT2D eigenvalue weighted by atomic mass is 16.5. The van der Waals surface area contributed by atoms with E-state index in [0.29, 0.717) is 23.7 Å². The third-order valence-corrected chi connectivity index (χ3v) is 8.82. The van der Waals surface area contributed by atoms with Crippen LogP contribution in [0.2, 0.25) is 0 Å². The number of aliphatic carboxylic acids is 1. The van der Waals surface area contributed by atoms with Crippen LogP contribution in [-0.4, -0.2) is 32.6 Å². The minimum absolute atomic E-state index is 0.0812. The summed E-state index contributed by atoms with van der Waals surface area (Å²) < 4.78 is 7.94. The zero-order chi connectivity index (χ0) is 30.9. The summed E-state index contributed by atoms with van der Waals surface area (Å²) in [7, 11) is 0. The number of rotatable bonds is 10. The maximum atomic E-state index is 13.5. The molecule has 4 aromatic rings. The number of carbonyl (C=O) groups excluding carboxylic acids is 1. The van der Waals surface area contributed by atoms with E-state index in [2.05, 4.69) is 72.9 Å². The van der Waals surface area contributed by atoms with E-state index in [0.717, 1.165) is 28.6 Å². The predicted octanol–water partition coefficient (Wildman–Crippen LogP) is 7.38. The highest BCUT2D eigenvalue weighted by molar-refractivity contribution is 5.99. The molecule has 2 aromatic heterocycles. The fourth-order valence-electron chi connectivity index (χ4n) is 5.80. The maximum absolute atomic E-state index is 13.5. The van der Waals surface area contributed by atoms with Gasteiger partial charge in [0.25, 0.3) is 5.91 Å². The Morgan fingerprint density at radius 1 is 1.07 bits per heavy atom. The standard InChI is InChI=1S/C36H43N3O4/c1-22(27-10-13-29(14-11-27)36(4,5)6)38-34(40)28-12-15-31-32(23(2)39(33(31)18-28)21-25-8-7-9-25)17-26-16-30(20-37-19-26)43-24(3)35(41)42/h10-16,18-20,22,24-25H,7-9,17,21H2,1-6H3,(H,38,40)(H,41,42)/t22-,24+/m0/s1. The SMILES string of the molecule is Cc1c(Cc2cncc(O[C@H](C)C(=O)O)c2)c2ccc(C(=O)N[C@@H](C)c3ccc(C(C)(C)C)cc3)cc2n1CC1CCC1. The molecule has 7 heteroatoms. The highest BCUT2D eigenvalue weighted by Gasteiger charge is 2.23. The Morgan fingerprint density at radius 3 is 2.42 bits per heavy atom. The van der Waals surface area contributed by atoms with Crippen molar-refractivity contribution in [1.29, 1.82) is 0 Å². The summed E-state index contributed by atoms with van der Waals surface area (Å²) in [4.78, 5) is 29.0. The molecule has 1 aliphatic rings. The zero-order valence-corrected chi connectivity index (χ0v) is 26.1. The molecule has 2 N–H and O–H groups in total. The van der Waals surface area contributed by atoms with Crippen molar-refractivity contribution in [2.45, 2.75) is 91.3 Å². The minimum atomic E-state index is -1.02. The number of carboxylic acid groups (broad SMARTS) is 1. The maximum Gasteiger partial charge on any atom is 0.344 e. The van der Waals surface area contributed by atoms with Crippen molar-refractivity contribution in [1.82, 2.24) is 14.9 Å². The summed E-state index contributed by atoms with van der Waals surface area (Å²) >= 11 is 0. The quantitative estimate of drug-likeness (QED) is 0.204. The van der Waals surface area contributed by atoms with Crippen LogP contribution >= 0.6 is 0 Å². The van der Waals surface area contributed by atoms with Gasteiger partial charge in [0.05, 0.1) is 12.2 Å². The Hall–Kier alpha value is -4.13. The van der Waals surface area contributed by atoms with Crippen LogP contribution in [0.25, 0.3) is 10.9 Å². The van der Waals surface area contributed by atoms with Gasteiger partial charge in [0, 0.05) is 41.3 Å². The molecule has 7 nitrogen and oxygen atoms in total. The van der Waals surface area contributed by atoms with Crippen LogP contribution in [0.3, 0.4) is 0 Å². The van der Waals surface area contributed by atoms with E-state index in [1.165, 1.54) is 43.0 Å². The number of carbonyl (C=O) groups is 2. The van der Waals surface area contributed by atoms with Crippen molar-refractivity contribution in [3.05, 3.63) is 94.4 Å². The predicted molar refractivity (Wildman–Crippen MR) is 170 cm³/mol. The molecular formula is C36H43N3O4. The molecule has 2 aromatic carbocycles. The second-order valence-electron chi connectivity index (χ2n) is 13.1. The monoisotopic (exact) mass is 581 g/mol. The van der Waals surface area contributed by atoms with E-state index in [9.17, 15) is 14.7 Å². The van der Waals surface area contributed by atoms with Crippen LogP contribution in [0.5, 0.6) is 5.75 Å². The molecule has 2 heterocycles. The van der Waals surface area contributed by atoms with Crippen LogP contribution in [0.4, 0.5) is 0 Å². The summed E-state index contributed by atoms with van der Waals surface area (Å²) in [6.45, 7) is 13.2. The van der Waals surface area contributed by atoms with E-state index in [4.69, 9.17) is 4.74 Å². The van der Waals surface area contributed by atoms with Gasteiger partial charge in [-0.25, -0.2) is 4.79 Å². The number of aromatic nitrogens is 2. The lowest BCUT2D eigenvalue weighted by molar-refractivity contribution is -0.144. The lowest BCUT2D eigenvalue weighted by Crippen LogP contribution is -2.26. The molecule has 0 aliphatic heterocycles. The van der Waals surface area contributed by atoms with E-state index in [1.54, 1.807) is 12.4 Å². The van der Waals surface area contributed by atoms with Crippen molar-refractivity contribution in [3.63, 3.8) is 0 Å². The van der Waals surface area contributed by atoms with Gasteiger partial charge in [-0.05, 0) is 85.4 Å². The average molecular weight is 582 g/mol. The molecule has 1 fully saturated rings. The van der Waals surface area contributed by atoms with Gasteiger partial charge < -0.3 is 19.7 Å². The van der Waals surface area contributed by atoms with E-state index >= 15 is 0 Å². The van der Waals surface area contributed by atoms with Crippen LogP contribution in [0.15, 0.2) is 60.9 Å². The number of ether oxygens (including phenoxy) is 1. The third-order valence-electron chi connectivity index (χ3n) is 8.82. The molecule has 0 saturated heterocycles. The van der Waals surface area contributed by atoms with Crippen molar-refractivity contribution in [2.75, 3.05) is 0 Å². The molecule has 0 radical (unpaired) electrons. The van der Waals surface area contributed by atoms with Gasteiger partial charge in [0.15, 0.2) is 6.10 Å². The topological polar surface area (TPSA) is 93.5 Å². The molecule has 1 amide bonds. The first-order valence-electron chi connectivity index (χ1n) is 15.3. The molecule has 0 spiro atoms.